The van der Waals surface area contributed by atoms with Gasteiger partial charge in [-0.1, -0.05) is 31.2 Å². The zero-order chi connectivity index (χ0) is 17.9. The molecular formula is C21H20N2O2S. The number of fused-ring (bicyclic) bond motifs is 1. The van der Waals surface area contributed by atoms with E-state index in [1.54, 1.807) is 4.90 Å². The number of hydrogen-bond donors (Lipinski definition) is 0. The molecule has 2 aromatic rings. The SMILES string of the molecule is CCC/N=C1\S/C(=C\c2ccc3c(c2)CCO3)C(=O)N1c1ccccc1. The van der Waals surface area contributed by atoms with Crippen LogP contribution in [0.15, 0.2) is 58.4 Å². The van der Waals surface area contributed by atoms with Crippen molar-refractivity contribution in [1.82, 2.24) is 0 Å². The molecule has 26 heavy (non-hydrogen) atoms. The predicted octanol–water partition coefficient (Wildman–Crippen LogP) is 4.51. The van der Waals surface area contributed by atoms with Gasteiger partial charge >= 0.3 is 0 Å². The van der Waals surface area contributed by atoms with Crippen LogP contribution in [-0.4, -0.2) is 24.2 Å². The molecule has 4 rings (SSSR count). The van der Waals surface area contributed by atoms with Crippen LogP contribution in [0.25, 0.3) is 6.08 Å². The van der Waals surface area contributed by atoms with Crippen LogP contribution in [-0.2, 0) is 11.2 Å². The highest BCUT2D eigenvalue weighted by Crippen LogP contribution is 2.36. The number of anilines is 1. The number of nitrogens with zero attached hydrogens (tertiary/aromatic N) is 2. The van der Waals surface area contributed by atoms with Crippen molar-refractivity contribution in [1.29, 1.82) is 0 Å². The van der Waals surface area contributed by atoms with Crippen LogP contribution in [0.4, 0.5) is 5.69 Å². The van der Waals surface area contributed by atoms with Gasteiger partial charge in [-0.2, -0.15) is 0 Å². The summed E-state index contributed by atoms with van der Waals surface area (Å²) >= 11 is 1.45. The van der Waals surface area contributed by atoms with E-state index in [4.69, 9.17) is 4.74 Å². The quantitative estimate of drug-likeness (QED) is 0.750. The normalized spacial score (nSPS) is 19.3. The minimum atomic E-state index is -0.0206. The summed E-state index contributed by atoms with van der Waals surface area (Å²) in [6.07, 6.45) is 3.83. The van der Waals surface area contributed by atoms with Gasteiger partial charge in [-0.05, 0) is 59.7 Å². The molecule has 4 nitrogen and oxygen atoms in total. The zero-order valence-corrected chi connectivity index (χ0v) is 15.5. The van der Waals surface area contributed by atoms with Crippen molar-refractivity contribution in [3.8, 4) is 5.75 Å². The molecule has 1 fully saturated rings. The maximum absolute atomic E-state index is 13.0. The molecule has 0 bridgehead atoms. The molecule has 5 heteroatoms. The highest BCUT2D eigenvalue weighted by Gasteiger charge is 2.34. The molecule has 0 saturated carbocycles. The Morgan fingerprint density at radius 2 is 2.08 bits per heavy atom. The average molecular weight is 364 g/mol. The number of carbonyl (C=O) groups excluding carboxylic acids is 1. The third kappa shape index (κ3) is 3.27. The number of amides is 1. The highest BCUT2D eigenvalue weighted by atomic mass is 32.2. The second kappa shape index (κ2) is 7.38. The van der Waals surface area contributed by atoms with E-state index in [1.807, 2.05) is 48.5 Å². The molecule has 2 aliphatic heterocycles. The zero-order valence-electron chi connectivity index (χ0n) is 14.6. The van der Waals surface area contributed by atoms with Gasteiger partial charge in [0.05, 0.1) is 17.2 Å². The molecule has 0 N–H and O–H groups in total. The Bertz CT molecular complexity index is 890. The first kappa shape index (κ1) is 16.9. The first-order valence-corrected chi connectivity index (χ1v) is 9.67. The number of carbonyl (C=O) groups is 1. The summed E-state index contributed by atoms with van der Waals surface area (Å²) in [5.74, 6) is 0.932. The smallest absolute Gasteiger partial charge is 0.271 e. The van der Waals surface area contributed by atoms with Gasteiger partial charge in [-0.3, -0.25) is 14.7 Å². The van der Waals surface area contributed by atoms with Crippen molar-refractivity contribution >= 4 is 34.6 Å². The largest absolute Gasteiger partial charge is 0.493 e. The van der Waals surface area contributed by atoms with Gasteiger partial charge in [-0.15, -0.1) is 0 Å². The molecule has 1 amide bonds. The molecular weight excluding hydrogens is 344 g/mol. The fraction of sp³-hybridized carbons (Fsp3) is 0.238. The Morgan fingerprint density at radius 1 is 1.23 bits per heavy atom. The number of amidine groups is 1. The van der Waals surface area contributed by atoms with Crippen LogP contribution in [0.2, 0.25) is 0 Å². The van der Waals surface area contributed by atoms with E-state index in [9.17, 15) is 4.79 Å². The Hall–Kier alpha value is -2.53. The standard InChI is InChI=1S/C21H20N2O2S/c1-2-11-22-21-23(17-6-4-3-5-7-17)20(24)19(26-21)14-15-8-9-18-16(13-15)10-12-25-18/h3-9,13-14H,2,10-12H2,1H3/b19-14-,22-21-. The first-order chi connectivity index (χ1) is 12.8. The Balaban J connectivity index is 1.68. The van der Waals surface area contributed by atoms with E-state index in [0.717, 1.165) is 41.6 Å². The van der Waals surface area contributed by atoms with Crippen molar-refractivity contribution in [2.24, 2.45) is 4.99 Å². The van der Waals surface area contributed by atoms with E-state index in [0.29, 0.717) is 11.4 Å². The van der Waals surface area contributed by atoms with Gasteiger partial charge in [0.1, 0.15) is 5.75 Å². The van der Waals surface area contributed by atoms with Gasteiger partial charge in [0, 0.05) is 13.0 Å². The average Bonchev–Trinajstić information content (AvgIpc) is 3.25. The van der Waals surface area contributed by atoms with Crippen LogP contribution in [0.5, 0.6) is 5.75 Å². The molecule has 0 radical (unpaired) electrons. The molecule has 2 aromatic carbocycles. The van der Waals surface area contributed by atoms with E-state index in [1.165, 1.54) is 17.3 Å². The molecule has 0 aromatic heterocycles. The van der Waals surface area contributed by atoms with Crippen LogP contribution in [0.3, 0.4) is 0 Å². The fourth-order valence-electron chi connectivity index (χ4n) is 3.04. The lowest BCUT2D eigenvalue weighted by molar-refractivity contribution is -0.113. The van der Waals surface area contributed by atoms with Crippen LogP contribution in [0.1, 0.15) is 24.5 Å². The number of ether oxygens (including phenoxy) is 1. The molecule has 0 spiro atoms. The maximum Gasteiger partial charge on any atom is 0.271 e. The highest BCUT2D eigenvalue weighted by molar-refractivity contribution is 8.19. The van der Waals surface area contributed by atoms with Gasteiger partial charge in [0.15, 0.2) is 5.17 Å². The first-order valence-electron chi connectivity index (χ1n) is 8.85. The second-order valence-electron chi connectivity index (χ2n) is 6.22. The maximum atomic E-state index is 13.0. The van der Waals surface area contributed by atoms with Crippen molar-refractivity contribution in [2.45, 2.75) is 19.8 Å². The number of aliphatic imine (C=N–C) groups is 1. The lowest BCUT2D eigenvalue weighted by Gasteiger charge is -2.15. The van der Waals surface area contributed by atoms with E-state index < -0.39 is 0 Å². The lowest BCUT2D eigenvalue weighted by atomic mass is 10.1. The van der Waals surface area contributed by atoms with E-state index in [2.05, 4.69) is 18.0 Å². The van der Waals surface area contributed by atoms with Gasteiger partial charge in [0.25, 0.3) is 5.91 Å². The summed E-state index contributed by atoms with van der Waals surface area (Å²) in [6.45, 7) is 3.53. The predicted molar refractivity (Wildman–Crippen MR) is 108 cm³/mol. The number of rotatable bonds is 4. The summed E-state index contributed by atoms with van der Waals surface area (Å²) in [5, 5.41) is 0.749. The number of para-hydroxylation sites is 1. The lowest BCUT2D eigenvalue weighted by Crippen LogP contribution is -2.28. The van der Waals surface area contributed by atoms with Crippen molar-refractivity contribution in [3.05, 3.63) is 64.6 Å². The third-order valence-electron chi connectivity index (χ3n) is 4.30. The van der Waals surface area contributed by atoms with Crippen LogP contribution < -0.4 is 9.64 Å². The topological polar surface area (TPSA) is 41.9 Å². The van der Waals surface area contributed by atoms with Crippen molar-refractivity contribution < 1.29 is 9.53 Å². The number of thioether (sulfide) groups is 1. The van der Waals surface area contributed by atoms with Gasteiger partial charge < -0.3 is 4.74 Å². The van der Waals surface area contributed by atoms with E-state index >= 15 is 0 Å². The summed E-state index contributed by atoms with van der Waals surface area (Å²) in [4.78, 5) is 20.1. The Kier molecular flexibility index (Phi) is 4.80. The molecule has 132 valence electrons. The molecule has 2 aliphatic rings. The van der Waals surface area contributed by atoms with Gasteiger partial charge in [-0.25, -0.2) is 0 Å². The van der Waals surface area contributed by atoms with Gasteiger partial charge in [0.2, 0.25) is 0 Å². The molecule has 0 unspecified atom stereocenters. The minimum absolute atomic E-state index is 0.0206. The van der Waals surface area contributed by atoms with E-state index in [-0.39, 0.29) is 5.91 Å². The molecule has 0 atom stereocenters. The summed E-state index contributed by atoms with van der Waals surface area (Å²) < 4.78 is 5.56. The van der Waals surface area contributed by atoms with Crippen molar-refractivity contribution in [3.63, 3.8) is 0 Å². The van der Waals surface area contributed by atoms with Crippen molar-refractivity contribution in [2.75, 3.05) is 18.1 Å². The Morgan fingerprint density at radius 3 is 2.88 bits per heavy atom. The summed E-state index contributed by atoms with van der Waals surface area (Å²) in [5.41, 5.74) is 3.08. The summed E-state index contributed by atoms with van der Waals surface area (Å²) in [6, 6.07) is 15.8. The molecule has 2 heterocycles. The van der Waals surface area contributed by atoms with Crippen LogP contribution >= 0.6 is 11.8 Å². The second-order valence-corrected chi connectivity index (χ2v) is 7.23. The number of benzene rings is 2. The monoisotopic (exact) mass is 364 g/mol. The molecule has 0 aliphatic carbocycles. The number of hydrogen-bond acceptors (Lipinski definition) is 4. The summed E-state index contributed by atoms with van der Waals surface area (Å²) in [7, 11) is 0. The van der Waals surface area contributed by atoms with Crippen LogP contribution in [0, 0.1) is 0 Å². The third-order valence-corrected chi connectivity index (χ3v) is 5.31. The molecule has 1 saturated heterocycles. The Labute approximate surface area is 157 Å². The minimum Gasteiger partial charge on any atom is -0.493 e. The fourth-order valence-corrected chi connectivity index (χ4v) is 4.04.